The van der Waals surface area contributed by atoms with Crippen LogP contribution >= 0.6 is 0 Å². The molecule has 5 amide bonds. The number of hydrogen-bond acceptors (Lipinski definition) is 14. The fourth-order valence-corrected chi connectivity index (χ4v) is 9.79. The fraction of sp³-hybridized carbons (Fsp3) is 0.500. The fourth-order valence-electron chi connectivity index (χ4n) is 9.79. The van der Waals surface area contributed by atoms with E-state index in [1.165, 1.54) is 6.07 Å². The maximum Gasteiger partial charge on any atom is 0.416 e. The Labute approximate surface area is 403 Å². The summed E-state index contributed by atoms with van der Waals surface area (Å²) in [6.07, 6.45) is -0.855. The monoisotopic (exact) mass is 968 g/mol. The number of nitrogen functional groups attached to an aromatic ring is 1. The molecule has 0 bridgehead atoms. The summed E-state index contributed by atoms with van der Waals surface area (Å²) < 4.78 is 53.8. The van der Waals surface area contributed by atoms with Crippen LogP contribution in [0.25, 0.3) is 10.9 Å². The number of rotatable bonds is 17. The zero-order valence-corrected chi connectivity index (χ0v) is 39.9. The number of unbranched alkanes of at least 4 members (excludes halogenated alkanes) is 1. The second-order valence-corrected chi connectivity index (χ2v) is 19.5. The standard InChI is InChI=1S/C50H59F3N10O7/c1-5-6-17-69-42-23-39-38(45(57-30(3)56-39)55-29(2)31-18-32(50(51,52)53)20-33(54)19-31)22-41(42)70-28-49(11-12-49)27-59(4)44(65)26-60-13-15-61(16-14-60)35-24-62(25-35)34-7-8-36-37(21-34)48(68)63(47(36)67)40-9-10-43(64)58-46(40)66/h7-8,18-23,29,35,40H,5-6,9-17,24-28,54H2,1-4H3,(H,55,56,57)(H,58,64,66)/t29-,40?/m1/s1. The average molecular weight is 969 g/mol. The SMILES string of the molecule is CCCCOc1cc2nc(C)nc(N[C@H](C)c3cc(N)cc(C(F)(F)F)c3)c2cc1OCC1(CN(C)C(=O)CN2CCN(C3CN(c4ccc5c(c4)C(=O)N(C4CCC(=O)NC4=O)C5=O)C3)CC2)CC1. The molecule has 5 aliphatic rings. The van der Waals surface area contributed by atoms with Crippen molar-refractivity contribution in [2.45, 2.75) is 83.6 Å². The number of amides is 5. The number of alkyl halides is 3. The van der Waals surface area contributed by atoms with Crippen LogP contribution in [-0.4, -0.2) is 144 Å². The summed E-state index contributed by atoms with van der Waals surface area (Å²) in [6, 6.07) is 11.0. The highest BCUT2D eigenvalue weighted by molar-refractivity contribution is 6.23. The number of piperazine rings is 1. The van der Waals surface area contributed by atoms with Crippen LogP contribution < -0.4 is 30.7 Å². The highest BCUT2D eigenvalue weighted by Crippen LogP contribution is 2.48. The van der Waals surface area contributed by atoms with E-state index in [0.717, 1.165) is 87.7 Å². The third-order valence-corrected chi connectivity index (χ3v) is 14.2. The molecule has 372 valence electrons. The molecular formula is C50H59F3N10O7. The van der Waals surface area contributed by atoms with Gasteiger partial charge in [-0.2, -0.15) is 13.2 Å². The first kappa shape index (κ1) is 48.5. The molecule has 9 rings (SSSR count). The Balaban J connectivity index is 0.775. The molecule has 4 fully saturated rings. The largest absolute Gasteiger partial charge is 0.490 e. The van der Waals surface area contributed by atoms with Crippen molar-refractivity contribution < 1.29 is 46.6 Å². The van der Waals surface area contributed by atoms with Crippen LogP contribution in [0.5, 0.6) is 11.5 Å². The van der Waals surface area contributed by atoms with Crippen molar-refractivity contribution in [1.29, 1.82) is 0 Å². The van der Waals surface area contributed by atoms with Crippen molar-refractivity contribution >= 4 is 57.6 Å². The number of aromatic nitrogens is 2. The molecule has 0 radical (unpaired) electrons. The highest BCUT2D eigenvalue weighted by atomic mass is 19.4. The van der Waals surface area contributed by atoms with Crippen LogP contribution in [0.2, 0.25) is 0 Å². The lowest BCUT2D eigenvalue weighted by molar-refractivity contribution is -0.138. The van der Waals surface area contributed by atoms with Crippen LogP contribution in [0.1, 0.15) is 96.1 Å². The molecule has 4 aliphatic heterocycles. The Morgan fingerprint density at radius 2 is 1.70 bits per heavy atom. The van der Waals surface area contributed by atoms with Gasteiger partial charge in [0.1, 0.15) is 17.7 Å². The van der Waals surface area contributed by atoms with Gasteiger partial charge in [0, 0.05) is 93.6 Å². The van der Waals surface area contributed by atoms with Crippen molar-refractivity contribution in [3.05, 3.63) is 76.6 Å². The van der Waals surface area contributed by atoms with E-state index in [1.54, 1.807) is 30.9 Å². The van der Waals surface area contributed by atoms with E-state index < -0.39 is 47.5 Å². The molecule has 4 aromatic rings. The maximum atomic E-state index is 13.7. The van der Waals surface area contributed by atoms with Crippen molar-refractivity contribution in [2.24, 2.45) is 5.41 Å². The second kappa shape index (κ2) is 19.3. The van der Waals surface area contributed by atoms with E-state index in [4.69, 9.17) is 15.2 Å². The Hall–Kier alpha value is -6.54. The first-order valence-electron chi connectivity index (χ1n) is 24.0. The molecule has 3 saturated heterocycles. The molecule has 5 heterocycles. The van der Waals surface area contributed by atoms with Gasteiger partial charge in [0.25, 0.3) is 11.8 Å². The summed E-state index contributed by atoms with van der Waals surface area (Å²) >= 11 is 0. The predicted molar refractivity (Wildman–Crippen MR) is 254 cm³/mol. The van der Waals surface area contributed by atoms with Crippen LogP contribution in [0.4, 0.5) is 30.4 Å². The number of likely N-dealkylation sites (N-methyl/N-ethyl adjacent to an activating group) is 1. The number of aryl methyl sites for hydroxylation is 1. The van der Waals surface area contributed by atoms with Gasteiger partial charge in [0.05, 0.1) is 48.0 Å². The number of nitrogens with zero attached hydrogens (tertiary/aromatic N) is 7. The lowest BCUT2D eigenvalue weighted by Crippen LogP contribution is -2.63. The Morgan fingerprint density at radius 3 is 2.40 bits per heavy atom. The van der Waals surface area contributed by atoms with E-state index >= 15 is 0 Å². The van der Waals surface area contributed by atoms with Crippen molar-refractivity contribution in [2.75, 3.05) is 88.6 Å². The third kappa shape index (κ3) is 10.2. The zero-order chi connectivity index (χ0) is 49.6. The van der Waals surface area contributed by atoms with Gasteiger partial charge < -0.3 is 30.3 Å². The van der Waals surface area contributed by atoms with Crippen LogP contribution in [-0.2, 0) is 20.6 Å². The summed E-state index contributed by atoms with van der Waals surface area (Å²) in [5.41, 5.74) is 7.11. The quantitative estimate of drug-likeness (QED) is 0.0690. The summed E-state index contributed by atoms with van der Waals surface area (Å²) in [5, 5.41) is 6.13. The van der Waals surface area contributed by atoms with E-state index in [2.05, 4.69) is 42.2 Å². The molecule has 1 saturated carbocycles. The smallest absolute Gasteiger partial charge is 0.416 e. The number of halogens is 3. The van der Waals surface area contributed by atoms with Crippen LogP contribution in [0, 0.1) is 12.3 Å². The Morgan fingerprint density at radius 1 is 0.971 bits per heavy atom. The molecule has 0 spiro atoms. The summed E-state index contributed by atoms with van der Waals surface area (Å²) in [5.74, 6) is -0.166. The van der Waals surface area contributed by atoms with Gasteiger partial charge in [-0.05, 0) is 87.6 Å². The topological polar surface area (TPSA) is 196 Å². The number of hydrogen-bond donors (Lipinski definition) is 3. The Bertz CT molecular complexity index is 2720. The molecule has 70 heavy (non-hydrogen) atoms. The minimum Gasteiger partial charge on any atom is -0.490 e. The second-order valence-electron chi connectivity index (χ2n) is 19.5. The predicted octanol–water partition coefficient (Wildman–Crippen LogP) is 5.42. The number of imide groups is 2. The maximum absolute atomic E-state index is 13.7. The summed E-state index contributed by atoms with van der Waals surface area (Å²) in [7, 11) is 1.84. The van der Waals surface area contributed by atoms with Gasteiger partial charge in [-0.15, -0.1) is 0 Å². The number of ether oxygens (including phenoxy) is 2. The molecule has 20 heteroatoms. The molecular weight excluding hydrogens is 910 g/mol. The van der Waals surface area contributed by atoms with Crippen LogP contribution in [0.3, 0.4) is 0 Å². The first-order valence-corrected chi connectivity index (χ1v) is 24.0. The summed E-state index contributed by atoms with van der Waals surface area (Å²) in [6.45, 7) is 11.8. The number of benzene rings is 3. The number of carbonyl (C=O) groups is 5. The minimum atomic E-state index is -4.55. The van der Waals surface area contributed by atoms with Crippen molar-refractivity contribution in [3.63, 3.8) is 0 Å². The molecule has 1 aliphatic carbocycles. The summed E-state index contributed by atoms with van der Waals surface area (Å²) in [4.78, 5) is 83.2. The lowest BCUT2D eigenvalue weighted by atomic mass is 10.0. The zero-order valence-electron chi connectivity index (χ0n) is 39.9. The molecule has 1 aromatic heterocycles. The first-order chi connectivity index (χ1) is 33.4. The van der Waals surface area contributed by atoms with Crippen LogP contribution in [0.15, 0.2) is 48.5 Å². The van der Waals surface area contributed by atoms with Gasteiger partial charge in [-0.25, -0.2) is 9.97 Å². The normalized spacial score (nSPS) is 20.0. The molecule has 1 unspecified atom stereocenters. The molecule has 4 N–H and O–H groups in total. The minimum absolute atomic E-state index is 0.00591. The number of fused-ring (bicyclic) bond motifs is 2. The molecule has 3 aromatic carbocycles. The number of nitrogens with one attached hydrogen (secondary N) is 2. The molecule has 17 nitrogen and oxygen atoms in total. The van der Waals surface area contributed by atoms with E-state index in [0.29, 0.717) is 72.0 Å². The van der Waals surface area contributed by atoms with Gasteiger partial charge >= 0.3 is 6.18 Å². The highest BCUT2D eigenvalue weighted by Gasteiger charge is 2.47. The van der Waals surface area contributed by atoms with Gasteiger partial charge in [0.2, 0.25) is 17.7 Å². The molecule has 2 atom stereocenters. The van der Waals surface area contributed by atoms with Gasteiger partial charge in [0.15, 0.2) is 11.5 Å². The number of piperidine rings is 1. The van der Waals surface area contributed by atoms with Gasteiger partial charge in [-0.3, -0.25) is 44.0 Å². The van der Waals surface area contributed by atoms with E-state index in [9.17, 15) is 37.1 Å². The van der Waals surface area contributed by atoms with Crippen molar-refractivity contribution in [1.82, 2.24) is 34.9 Å². The van der Waals surface area contributed by atoms with E-state index in [1.807, 2.05) is 25.2 Å². The lowest BCUT2D eigenvalue weighted by Gasteiger charge is -2.49. The number of nitrogens with two attached hydrogens (primary N) is 1. The third-order valence-electron chi connectivity index (χ3n) is 14.2. The average Bonchev–Trinajstić information content (AvgIpc) is 4.02. The number of anilines is 3. The van der Waals surface area contributed by atoms with E-state index in [-0.39, 0.29) is 41.0 Å². The van der Waals surface area contributed by atoms with Crippen molar-refractivity contribution in [3.8, 4) is 11.5 Å². The number of carbonyl (C=O) groups excluding carboxylic acids is 5. The Kier molecular flexibility index (Phi) is 13.4. The van der Waals surface area contributed by atoms with Gasteiger partial charge in [-0.1, -0.05) is 13.3 Å².